The highest BCUT2D eigenvalue weighted by molar-refractivity contribution is 7.18. The SMILES string of the molecule is CN=C(NCc1nc2cc(Cl)ccc2s1)NCC(O)c1ccc(C)o1. The highest BCUT2D eigenvalue weighted by Gasteiger charge is 2.12. The fourth-order valence-electron chi connectivity index (χ4n) is 2.33. The summed E-state index contributed by atoms with van der Waals surface area (Å²) >= 11 is 7.59. The standard InChI is InChI=1S/C17H19ClN4O2S/c1-10-3-5-14(24-10)13(23)8-20-17(19-2)21-9-16-22-12-7-11(18)4-6-15(12)25-16/h3-7,13,23H,8-9H2,1-2H3,(H2,19,20,21). The van der Waals surface area contributed by atoms with Gasteiger partial charge in [0, 0.05) is 12.1 Å². The van der Waals surface area contributed by atoms with Crippen molar-refractivity contribution in [2.75, 3.05) is 13.6 Å². The molecular weight excluding hydrogens is 360 g/mol. The molecule has 3 aromatic rings. The van der Waals surface area contributed by atoms with E-state index < -0.39 is 6.10 Å². The van der Waals surface area contributed by atoms with E-state index in [0.29, 0.717) is 29.8 Å². The molecule has 8 heteroatoms. The summed E-state index contributed by atoms with van der Waals surface area (Å²) in [6, 6.07) is 9.27. The Balaban J connectivity index is 1.55. The molecule has 0 saturated heterocycles. The van der Waals surface area contributed by atoms with E-state index >= 15 is 0 Å². The van der Waals surface area contributed by atoms with Gasteiger partial charge in [0.1, 0.15) is 22.6 Å². The number of furan rings is 1. The Bertz CT molecular complexity index is 890. The van der Waals surface area contributed by atoms with Crippen LogP contribution in [-0.4, -0.2) is 29.6 Å². The van der Waals surface area contributed by atoms with E-state index in [9.17, 15) is 5.11 Å². The van der Waals surface area contributed by atoms with E-state index in [1.807, 2.05) is 31.2 Å². The van der Waals surface area contributed by atoms with Gasteiger partial charge in [0.05, 0.1) is 23.3 Å². The van der Waals surface area contributed by atoms with Crippen LogP contribution >= 0.6 is 22.9 Å². The van der Waals surface area contributed by atoms with Crippen molar-refractivity contribution in [3.8, 4) is 0 Å². The van der Waals surface area contributed by atoms with Gasteiger partial charge in [0.25, 0.3) is 0 Å². The summed E-state index contributed by atoms with van der Waals surface area (Å²) in [5, 5.41) is 18.0. The molecule has 3 N–H and O–H groups in total. The predicted molar refractivity (Wildman–Crippen MR) is 101 cm³/mol. The van der Waals surface area contributed by atoms with Gasteiger partial charge >= 0.3 is 0 Å². The highest BCUT2D eigenvalue weighted by atomic mass is 35.5. The molecule has 1 unspecified atom stereocenters. The second kappa shape index (κ2) is 7.86. The number of nitrogens with zero attached hydrogens (tertiary/aromatic N) is 2. The Morgan fingerprint density at radius 2 is 2.20 bits per heavy atom. The van der Waals surface area contributed by atoms with E-state index in [0.717, 1.165) is 21.0 Å². The number of aliphatic hydroxyl groups is 1. The van der Waals surface area contributed by atoms with Crippen molar-refractivity contribution in [3.05, 3.63) is 51.9 Å². The summed E-state index contributed by atoms with van der Waals surface area (Å²) < 4.78 is 6.50. The van der Waals surface area contributed by atoms with Gasteiger partial charge in [-0.1, -0.05) is 11.6 Å². The first-order valence-corrected chi connectivity index (χ1v) is 8.98. The summed E-state index contributed by atoms with van der Waals surface area (Å²) in [5.41, 5.74) is 0.890. The number of hydrogen-bond donors (Lipinski definition) is 3. The normalized spacial score (nSPS) is 13.2. The summed E-state index contributed by atoms with van der Waals surface area (Å²) in [6.45, 7) is 2.67. The quantitative estimate of drug-likeness (QED) is 0.469. The molecule has 0 spiro atoms. The topological polar surface area (TPSA) is 82.7 Å². The van der Waals surface area contributed by atoms with E-state index in [1.54, 1.807) is 24.5 Å². The smallest absolute Gasteiger partial charge is 0.191 e. The number of guanidine groups is 1. The fraction of sp³-hybridized carbons (Fsp3) is 0.294. The molecule has 0 bridgehead atoms. The summed E-state index contributed by atoms with van der Waals surface area (Å²) in [4.78, 5) is 8.70. The maximum absolute atomic E-state index is 10.1. The van der Waals surface area contributed by atoms with Gasteiger partial charge in [-0.2, -0.15) is 0 Å². The number of hydrogen-bond acceptors (Lipinski definition) is 5. The van der Waals surface area contributed by atoms with Gasteiger partial charge < -0.3 is 20.2 Å². The van der Waals surface area contributed by atoms with Crippen molar-refractivity contribution in [3.63, 3.8) is 0 Å². The fourth-order valence-corrected chi connectivity index (χ4v) is 3.38. The molecule has 0 fully saturated rings. The van der Waals surface area contributed by atoms with E-state index in [-0.39, 0.29) is 0 Å². The molecule has 0 saturated carbocycles. The zero-order valence-electron chi connectivity index (χ0n) is 13.9. The molecule has 6 nitrogen and oxygen atoms in total. The number of halogens is 1. The summed E-state index contributed by atoms with van der Waals surface area (Å²) in [6.07, 6.45) is -0.739. The number of fused-ring (bicyclic) bond motifs is 1. The molecule has 0 aliphatic heterocycles. The van der Waals surface area contributed by atoms with Crippen molar-refractivity contribution < 1.29 is 9.52 Å². The lowest BCUT2D eigenvalue weighted by Gasteiger charge is -2.13. The lowest BCUT2D eigenvalue weighted by atomic mass is 10.3. The van der Waals surface area contributed by atoms with Crippen molar-refractivity contribution in [1.29, 1.82) is 0 Å². The number of nitrogens with one attached hydrogen (secondary N) is 2. The van der Waals surface area contributed by atoms with Crippen LogP contribution in [0.25, 0.3) is 10.2 Å². The molecule has 0 aliphatic rings. The number of aliphatic hydroxyl groups excluding tert-OH is 1. The number of thiazole rings is 1. The zero-order chi connectivity index (χ0) is 17.8. The van der Waals surface area contributed by atoms with E-state index in [2.05, 4.69) is 20.6 Å². The Morgan fingerprint density at radius 1 is 1.36 bits per heavy atom. The number of aromatic nitrogens is 1. The third-order valence-corrected chi connectivity index (χ3v) is 4.85. The number of benzene rings is 1. The van der Waals surface area contributed by atoms with Crippen LogP contribution in [0.3, 0.4) is 0 Å². The van der Waals surface area contributed by atoms with Crippen LogP contribution in [0.2, 0.25) is 5.02 Å². The van der Waals surface area contributed by atoms with Crippen molar-refractivity contribution >= 4 is 39.1 Å². The molecule has 2 heterocycles. The Hall–Kier alpha value is -2.09. The van der Waals surface area contributed by atoms with Gasteiger partial charge in [-0.3, -0.25) is 4.99 Å². The van der Waals surface area contributed by atoms with Crippen LogP contribution in [0.15, 0.2) is 39.7 Å². The predicted octanol–water partition coefficient (Wildman–Crippen LogP) is 3.25. The Kier molecular flexibility index (Phi) is 5.57. The molecule has 2 aromatic heterocycles. The Labute approximate surface area is 154 Å². The highest BCUT2D eigenvalue weighted by Crippen LogP contribution is 2.24. The molecule has 3 rings (SSSR count). The van der Waals surface area contributed by atoms with Gasteiger partial charge in [-0.05, 0) is 37.3 Å². The van der Waals surface area contributed by atoms with Gasteiger partial charge in [0.15, 0.2) is 5.96 Å². The van der Waals surface area contributed by atoms with Gasteiger partial charge in [0.2, 0.25) is 0 Å². The molecule has 0 aliphatic carbocycles. The molecule has 0 radical (unpaired) electrons. The maximum atomic E-state index is 10.1. The van der Waals surface area contributed by atoms with Gasteiger partial charge in [-0.15, -0.1) is 11.3 Å². The number of aliphatic imine (C=N–C) groups is 1. The lowest BCUT2D eigenvalue weighted by molar-refractivity contribution is 0.151. The van der Waals surface area contributed by atoms with Crippen LogP contribution < -0.4 is 10.6 Å². The summed E-state index contributed by atoms with van der Waals surface area (Å²) in [7, 11) is 1.68. The minimum atomic E-state index is -0.739. The van der Waals surface area contributed by atoms with Crippen LogP contribution in [0.4, 0.5) is 0 Å². The first-order valence-electron chi connectivity index (χ1n) is 7.79. The molecule has 25 heavy (non-hydrogen) atoms. The van der Waals surface area contributed by atoms with Crippen LogP contribution in [0.5, 0.6) is 0 Å². The summed E-state index contributed by atoms with van der Waals surface area (Å²) in [5.74, 6) is 1.88. The molecule has 1 aromatic carbocycles. The average Bonchev–Trinajstić information content (AvgIpc) is 3.20. The largest absolute Gasteiger partial charge is 0.464 e. The number of rotatable bonds is 5. The lowest BCUT2D eigenvalue weighted by Crippen LogP contribution is -2.38. The maximum Gasteiger partial charge on any atom is 0.191 e. The first kappa shape index (κ1) is 17.7. The van der Waals surface area contributed by atoms with Crippen molar-refractivity contribution in [1.82, 2.24) is 15.6 Å². The molecule has 132 valence electrons. The molecular formula is C17H19ClN4O2S. The number of aryl methyl sites for hydroxylation is 1. The molecule has 0 amide bonds. The molecule has 1 atom stereocenters. The second-order valence-corrected chi connectivity index (χ2v) is 7.04. The average molecular weight is 379 g/mol. The minimum Gasteiger partial charge on any atom is -0.464 e. The van der Waals surface area contributed by atoms with Gasteiger partial charge in [-0.25, -0.2) is 4.98 Å². The third-order valence-electron chi connectivity index (χ3n) is 3.58. The van der Waals surface area contributed by atoms with Crippen LogP contribution in [0.1, 0.15) is 22.6 Å². The minimum absolute atomic E-state index is 0.294. The Morgan fingerprint density at radius 3 is 2.92 bits per heavy atom. The zero-order valence-corrected chi connectivity index (χ0v) is 15.5. The van der Waals surface area contributed by atoms with E-state index in [1.165, 1.54) is 0 Å². The van der Waals surface area contributed by atoms with Crippen molar-refractivity contribution in [2.24, 2.45) is 4.99 Å². The van der Waals surface area contributed by atoms with E-state index in [4.69, 9.17) is 16.0 Å². The third kappa shape index (κ3) is 4.50. The van der Waals surface area contributed by atoms with Crippen LogP contribution in [0, 0.1) is 6.92 Å². The van der Waals surface area contributed by atoms with Crippen molar-refractivity contribution in [2.45, 2.75) is 19.6 Å². The van der Waals surface area contributed by atoms with Crippen LogP contribution in [-0.2, 0) is 6.54 Å². The monoisotopic (exact) mass is 378 g/mol. The first-order chi connectivity index (χ1) is 12.0. The second-order valence-electron chi connectivity index (χ2n) is 5.49.